The third-order valence-electron chi connectivity index (χ3n) is 4.73. The highest BCUT2D eigenvalue weighted by molar-refractivity contribution is 5.96. The standard InChI is InChI=1S/C23H15FN2O6/c24-16-9-7-14(8-10-16)12-15-13-19(26(29)30)21(18-5-2-1-4-17(15)18)32-23(28)31-20-6-3-11-25-22(20)27/h1-11,13H,12H2,(H,25,27). The van der Waals surface area contributed by atoms with Crippen molar-refractivity contribution in [3.8, 4) is 11.5 Å². The fraction of sp³-hybridized carbons (Fsp3) is 0.0435. The summed E-state index contributed by atoms with van der Waals surface area (Å²) in [5.41, 5.74) is 0.250. The van der Waals surface area contributed by atoms with E-state index in [4.69, 9.17) is 9.47 Å². The maximum Gasteiger partial charge on any atom is 0.519 e. The Morgan fingerprint density at radius 3 is 2.41 bits per heavy atom. The molecule has 0 saturated carbocycles. The third-order valence-corrected chi connectivity index (χ3v) is 4.73. The molecule has 3 aromatic carbocycles. The summed E-state index contributed by atoms with van der Waals surface area (Å²) in [5, 5.41) is 12.7. The third kappa shape index (κ3) is 4.31. The Hall–Kier alpha value is -4.53. The van der Waals surface area contributed by atoms with Crippen molar-refractivity contribution in [3.05, 3.63) is 110 Å². The number of rotatable bonds is 5. The number of benzene rings is 3. The lowest BCUT2D eigenvalue weighted by molar-refractivity contribution is -0.385. The molecule has 32 heavy (non-hydrogen) atoms. The molecule has 0 bridgehead atoms. The van der Waals surface area contributed by atoms with Crippen LogP contribution in [0.1, 0.15) is 11.1 Å². The van der Waals surface area contributed by atoms with Gasteiger partial charge in [0.1, 0.15) is 5.82 Å². The molecular formula is C23H15FN2O6. The van der Waals surface area contributed by atoms with Gasteiger partial charge >= 0.3 is 11.8 Å². The average molecular weight is 434 g/mol. The van der Waals surface area contributed by atoms with Crippen LogP contribution in [0.15, 0.2) is 77.7 Å². The highest BCUT2D eigenvalue weighted by atomic mass is 19.1. The van der Waals surface area contributed by atoms with E-state index in [2.05, 4.69) is 4.98 Å². The molecule has 0 fully saturated rings. The number of nitrogens with zero attached hydrogens (tertiary/aromatic N) is 1. The molecule has 0 unspecified atom stereocenters. The van der Waals surface area contributed by atoms with Gasteiger partial charge in [0, 0.05) is 17.6 Å². The van der Waals surface area contributed by atoms with Crippen molar-refractivity contribution in [1.29, 1.82) is 0 Å². The number of nitrogens with one attached hydrogen (secondary N) is 1. The maximum atomic E-state index is 13.2. The molecule has 8 nitrogen and oxygen atoms in total. The highest BCUT2D eigenvalue weighted by Gasteiger charge is 2.25. The number of fused-ring (bicyclic) bond motifs is 1. The molecule has 1 heterocycles. The Kier molecular flexibility index (Phi) is 5.63. The topological polar surface area (TPSA) is 112 Å². The molecule has 0 aliphatic carbocycles. The summed E-state index contributed by atoms with van der Waals surface area (Å²) in [5.74, 6) is -0.993. The first-order valence-electron chi connectivity index (χ1n) is 9.43. The second-order valence-electron chi connectivity index (χ2n) is 6.81. The second kappa shape index (κ2) is 8.68. The SMILES string of the molecule is O=C(Oc1ccc[nH]c1=O)Oc1c([N+](=O)[O-])cc(Cc2ccc(F)cc2)c2ccccc12. The van der Waals surface area contributed by atoms with Crippen molar-refractivity contribution in [3.63, 3.8) is 0 Å². The van der Waals surface area contributed by atoms with Gasteiger partial charge in [0.15, 0.2) is 5.75 Å². The summed E-state index contributed by atoms with van der Waals surface area (Å²) in [7, 11) is 0. The number of ether oxygens (including phenoxy) is 2. The number of pyridine rings is 1. The number of hydrogen-bond acceptors (Lipinski definition) is 6. The number of aromatic nitrogens is 1. The van der Waals surface area contributed by atoms with E-state index < -0.39 is 22.3 Å². The van der Waals surface area contributed by atoms with Gasteiger partial charge in [0.05, 0.1) is 4.92 Å². The van der Waals surface area contributed by atoms with Crippen LogP contribution in [0, 0.1) is 15.9 Å². The Bertz CT molecular complexity index is 1380. The van der Waals surface area contributed by atoms with Crippen LogP contribution in [0.3, 0.4) is 0 Å². The van der Waals surface area contributed by atoms with E-state index in [9.17, 15) is 24.1 Å². The second-order valence-corrected chi connectivity index (χ2v) is 6.81. The lowest BCUT2D eigenvalue weighted by Crippen LogP contribution is -2.19. The molecule has 1 N–H and O–H groups in total. The normalized spacial score (nSPS) is 10.7. The van der Waals surface area contributed by atoms with E-state index in [1.54, 1.807) is 36.4 Å². The predicted molar refractivity (Wildman–Crippen MR) is 114 cm³/mol. The Labute approximate surface area is 180 Å². The van der Waals surface area contributed by atoms with Gasteiger partial charge in [-0.25, -0.2) is 9.18 Å². The van der Waals surface area contributed by atoms with Crippen LogP contribution in [-0.2, 0) is 6.42 Å². The van der Waals surface area contributed by atoms with E-state index in [-0.39, 0.29) is 17.3 Å². The van der Waals surface area contributed by atoms with Gasteiger partial charge in [0.25, 0.3) is 5.56 Å². The summed E-state index contributed by atoms with van der Waals surface area (Å²) in [4.78, 5) is 37.5. The minimum Gasteiger partial charge on any atom is -0.389 e. The minimum atomic E-state index is -1.29. The number of carbonyl (C=O) groups excluding carboxylic acids is 1. The molecule has 0 aliphatic rings. The number of nitro benzene ring substituents is 1. The summed E-state index contributed by atoms with van der Waals surface area (Å²) >= 11 is 0. The lowest BCUT2D eigenvalue weighted by Gasteiger charge is -2.12. The number of H-pyrrole nitrogens is 1. The fourth-order valence-corrected chi connectivity index (χ4v) is 3.30. The molecule has 0 spiro atoms. The van der Waals surface area contributed by atoms with Gasteiger partial charge in [-0.15, -0.1) is 0 Å². The zero-order valence-corrected chi connectivity index (χ0v) is 16.4. The van der Waals surface area contributed by atoms with Crippen molar-refractivity contribution >= 4 is 22.6 Å². The zero-order chi connectivity index (χ0) is 22.7. The van der Waals surface area contributed by atoms with Crippen molar-refractivity contribution < 1.29 is 23.6 Å². The van der Waals surface area contributed by atoms with Crippen LogP contribution in [0.25, 0.3) is 10.8 Å². The summed E-state index contributed by atoms with van der Waals surface area (Å²) in [6.07, 6.45) is 0.367. The summed E-state index contributed by atoms with van der Waals surface area (Å²) in [6.45, 7) is 0. The molecule has 0 atom stereocenters. The van der Waals surface area contributed by atoms with Gasteiger partial charge in [0.2, 0.25) is 5.75 Å². The van der Waals surface area contributed by atoms with Gasteiger partial charge in [-0.05, 0) is 47.2 Å². The van der Waals surface area contributed by atoms with Crippen molar-refractivity contribution in [2.45, 2.75) is 6.42 Å². The zero-order valence-electron chi connectivity index (χ0n) is 16.4. The Morgan fingerprint density at radius 1 is 1.00 bits per heavy atom. The minimum absolute atomic E-state index is 0.297. The largest absolute Gasteiger partial charge is 0.519 e. The average Bonchev–Trinajstić information content (AvgIpc) is 2.78. The molecule has 4 aromatic rings. The van der Waals surface area contributed by atoms with Crippen molar-refractivity contribution in [2.75, 3.05) is 0 Å². The molecule has 0 amide bonds. The van der Waals surface area contributed by atoms with Crippen molar-refractivity contribution in [2.24, 2.45) is 0 Å². The van der Waals surface area contributed by atoms with Crippen LogP contribution in [0.4, 0.5) is 14.9 Å². The van der Waals surface area contributed by atoms with Gasteiger partial charge < -0.3 is 14.5 Å². The number of halogens is 1. The van der Waals surface area contributed by atoms with Crippen LogP contribution < -0.4 is 15.0 Å². The molecule has 0 radical (unpaired) electrons. The number of aromatic amines is 1. The first-order chi connectivity index (χ1) is 15.4. The van der Waals surface area contributed by atoms with E-state index in [0.717, 1.165) is 5.56 Å². The van der Waals surface area contributed by atoms with Gasteiger partial charge in [-0.1, -0.05) is 36.4 Å². The van der Waals surface area contributed by atoms with Crippen LogP contribution in [0.5, 0.6) is 11.5 Å². The summed E-state index contributed by atoms with van der Waals surface area (Å²) < 4.78 is 23.3. The molecular weight excluding hydrogens is 419 g/mol. The predicted octanol–water partition coefficient (Wildman–Crippen LogP) is 4.74. The van der Waals surface area contributed by atoms with E-state index in [1.807, 2.05) is 0 Å². The van der Waals surface area contributed by atoms with Gasteiger partial charge in [-0.3, -0.25) is 14.9 Å². The van der Waals surface area contributed by atoms with Crippen molar-refractivity contribution in [1.82, 2.24) is 4.98 Å². The smallest absolute Gasteiger partial charge is 0.389 e. The van der Waals surface area contributed by atoms with E-state index in [0.29, 0.717) is 22.8 Å². The highest BCUT2D eigenvalue weighted by Crippen LogP contribution is 2.38. The first kappa shape index (κ1) is 20.7. The molecule has 9 heteroatoms. The Balaban J connectivity index is 1.75. The number of carbonyl (C=O) groups is 1. The molecule has 0 saturated heterocycles. The van der Waals surface area contributed by atoms with Crippen LogP contribution in [-0.4, -0.2) is 16.1 Å². The number of hydrogen-bond donors (Lipinski definition) is 1. The lowest BCUT2D eigenvalue weighted by atomic mass is 9.97. The monoisotopic (exact) mass is 434 g/mol. The molecule has 0 aliphatic heterocycles. The summed E-state index contributed by atoms with van der Waals surface area (Å²) in [6, 6.07) is 16.5. The van der Waals surface area contributed by atoms with Crippen LogP contribution >= 0.6 is 0 Å². The molecule has 1 aromatic heterocycles. The molecule has 160 valence electrons. The van der Waals surface area contributed by atoms with E-state index in [1.165, 1.54) is 36.5 Å². The van der Waals surface area contributed by atoms with Gasteiger partial charge in [-0.2, -0.15) is 0 Å². The maximum absolute atomic E-state index is 13.2. The quantitative estimate of drug-likeness (QED) is 0.210. The Morgan fingerprint density at radius 2 is 1.72 bits per heavy atom. The fourth-order valence-electron chi connectivity index (χ4n) is 3.30. The van der Waals surface area contributed by atoms with E-state index >= 15 is 0 Å². The first-order valence-corrected chi connectivity index (χ1v) is 9.43. The number of nitro groups is 1. The molecule has 4 rings (SSSR count). The van der Waals surface area contributed by atoms with Crippen LogP contribution in [0.2, 0.25) is 0 Å².